The molecule has 1 aromatic heterocycles. The van der Waals surface area contributed by atoms with Gasteiger partial charge in [0.05, 0.1) is 24.3 Å². The Labute approximate surface area is 143 Å². The highest BCUT2D eigenvalue weighted by atomic mass is 16.7. The van der Waals surface area contributed by atoms with Crippen LogP contribution in [0.25, 0.3) is 5.69 Å². The maximum atomic E-state index is 11.3. The third-order valence-corrected chi connectivity index (χ3v) is 5.05. The molecule has 3 aliphatic heterocycles. The van der Waals surface area contributed by atoms with Gasteiger partial charge >= 0.3 is 0 Å². The Hall–Kier alpha value is -2.61. The number of ether oxygens (including phenoxy) is 3. The standard InChI is InChI=1S/C17H18N4O4/c18-15(22)7-16-19-17(11-6-10-2-4-12(11)25-10)21(20-16)9-1-3-13-14(5-9)24-8-23-13/h1,3,5,10-12H,2,4,6-8H2,(H2,18,22)/t10-,11-,12+/m0/s1. The van der Waals surface area contributed by atoms with Crippen LogP contribution in [0.3, 0.4) is 0 Å². The zero-order valence-electron chi connectivity index (χ0n) is 13.6. The molecule has 0 spiro atoms. The fourth-order valence-electron chi connectivity index (χ4n) is 3.96. The van der Waals surface area contributed by atoms with Gasteiger partial charge in [0.25, 0.3) is 0 Å². The second kappa shape index (κ2) is 5.45. The quantitative estimate of drug-likeness (QED) is 0.891. The van der Waals surface area contributed by atoms with Crippen molar-refractivity contribution < 1.29 is 19.0 Å². The van der Waals surface area contributed by atoms with Crippen molar-refractivity contribution in [2.45, 2.75) is 43.8 Å². The van der Waals surface area contributed by atoms with Crippen LogP contribution in [0.1, 0.15) is 36.8 Å². The zero-order chi connectivity index (χ0) is 17.0. The summed E-state index contributed by atoms with van der Waals surface area (Å²) in [7, 11) is 0. The molecule has 3 aliphatic rings. The Morgan fingerprint density at radius 3 is 2.92 bits per heavy atom. The van der Waals surface area contributed by atoms with E-state index in [1.807, 2.05) is 18.2 Å². The average molecular weight is 342 g/mol. The summed E-state index contributed by atoms with van der Waals surface area (Å²) in [5, 5.41) is 4.53. The van der Waals surface area contributed by atoms with Gasteiger partial charge in [0.2, 0.25) is 12.7 Å². The summed E-state index contributed by atoms with van der Waals surface area (Å²) in [5.41, 5.74) is 6.15. The molecule has 8 nitrogen and oxygen atoms in total. The minimum absolute atomic E-state index is 0.0201. The molecule has 2 N–H and O–H groups in total. The van der Waals surface area contributed by atoms with Gasteiger partial charge in [0, 0.05) is 12.0 Å². The SMILES string of the molecule is NC(=O)Cc1nc([C@H]2C[C@@H]3CC[C@H]2O3)n(-c2ccc3c(c2)OCO3)n1. The van der Waals surface area contributed by atoms with Gasteiger partial charge < -0.3 is 19.9 Å². The van der Waals surface area contributed by atoms with Crippen LogP contribution >= 0.6 is 0 Å². The van der Waals surface area contributed by atoms with E-state index in [1.165, 1.54) is 0 Å². The molecular weight excluding hydrogens is 324 g/mol. The molecule has 0 aliphatic carbocycles. The minimum Gasteiger partial charge on any atom is -0.454 e. The first-order valence-corrected chi connectivity index (χ1v) is 8.47. The molecule has 130 valence electrons. The number of primary amides is 1. The molecule has 25 heavy (non-hydrogen) atoms. The first kappa shape index (κ1) is 14.7. The number of carbonyl (C=O) groups excluding carboxylic acids is 1. The Balaban J connectivity index is 1.57. The lowest BCUT2D eigenvalue weighted by Gasteiger charge is -2.18. The molecule has 3 atom stereocenters. The second-order valence-electron chi connectivity index (χ2n) is 6.69. The predicted molar refractivity (Wildman–Crippen MR) is 85.6 cm³/mol. The highest BCUT2D eigenvalue weighted by Gasteiger charge is 2.44. The van der Waals surface area contributed by atoms with Gasteiger partial charge in [-0.25, -0.2) is 9.67 Å². The average Bonchev–Trinajstić information content (AvgIpc) is 3.36. The van der Waals surface area contributed by atoms with Gasteiger partial charge in [-0.15, -0.1) is 0 Å². The monoisotopic (exact) mass is 342 g/mol. The van der Waals surface area contributed by atoms with Crippen LogP contribution < -0.4 is 15.2 Å². The Morgan fingerprint density at radius 1 is 1.28 bits per heavy atom. The first-order chi connectivity index (χ1) is 12.2. The largest absolute Gasteiger partial charge is 0.454 e. The number of nitrogens with two attached hydrogens (primary N) is 1. The maximum Gasteiger partial charge on any atom is 0.231 e. The number of fused-ring (bicyclic) bond motifs is 3. The smallest absolute Gasteiger partial charge is 0.231 e. The summed E-state index contributed by atoms with van der Waals surface area (Å²) >= 11 is 0. The molecule has 2 fully saturated rings. The lowest BCUT2D eigenvalue weighted by atomic mass is 9.88. The Bertz CT molecular complexity index is 849. The summed E-state index contributed by atoms with van der Waals surface area (Å²) in [6.45, 7) is 0.218. The van der Waals surface area contributed by atoms with Crippen LogP contribution in [-0.2, 0) is 16.0 Å². The molecule has 0 saturated carbocycles. The van der Waals surface area contributed by atoms with Crippen molar-refractivity contribution in [3.63, 3.8) is 0 Å². The number of aromatic nitrogens is 3. The van der Waals surface area contributed by atoms with E-state index in [-0.39, 0.29) is 25.2 Å². The molecule has 2 saturated heterocycles. The molecule has 2 aromatic rings. The van der Waals surface area contributed by atoms with Crippen molar-refractivity contribution >= 4 is 5.91 Å². The van der Waals surface area contributed by atoms with Gasteiger partial charge in [0.1, 0.15) is 5.82 Å². The summed E-state index contributed by atoms with van der Waals surface area (Å²) < 4.78 is 18.6. The van der Waals surface area contributed by atoms with Crippen molar-refractivity contribution in [2.24, 2.45) is 5.73 Å². The summed E-state index contributed by atoms with van der Waals surface area (Å²) in [6, 6.07) is 5.64. The van der Waals surface area contributed by atoms with Crippen LogP contribution in [0.15, 0.2) is 18.2 Å². The van der Waals surface area contributed by atoms with Gasteiger partial charge in [-0.1, -0.05) is 0 Å². The molecule has 8 heteroatoms. The van der Waals surface area contributed by atoms with Gasteiger partial charge in [0.15, 0.2) is 17.3 Å². The third kappa shape index (κ3) is 2.44. The van der Waals surface area contributed by atoms with E-state index in [2.05, 4.69) is 10.1 Å². The lowest BCUT2D eigenvalue weighted by Crippen LogP contribution is -2.19. The van der Waals surface area contributed by atoms with E-state index in [0.29, 0.717) is 23.4 Å². The maximum absolute atomic E-state index is 11.3. The summed E-state index contributed by atoms with van der Waals surface area (Å²) in [5.74, 6) is 2.38. The van der Waals surface area contributed by atoms with Crippen LogP contribution in [0.2, 0.25) is 0 Å². The number of rotatable bonds is 4. The van der Waals surface area contributed by atoms with Gasteiger partial charge in [-0.2, -0.15) is 5.10 Å². The van der Waals surface area contributed by atoms with E-state index >= 15 is 0 Å². The van der Waals surface area contributed by atoms with Crippen LogP contribution in [0.5, 0.6) is 11.5 Å². The van der Waals surface area contributed by atoms with E-state index < -0.39 is 5.91 Å². The highest BCUT2D eigenvalue weighted by molar-refractivity contribution is 5.75. The number of benzene rings is 1. The second-order valence-corrected chi connectivity index (χ2v) is 6.69. The molecule has 1 amide bonds. The summed E-state index contributed by atoms with van der Waals surface area (Å²) in [6.07, 6.45) is 3.57. The number of hydrogen-bond acceptors (Lipinski definition) is 6. The van der Waals surface area contributed by atoms with Crippen LogP contribution in [0.4, 0.5) is 0 Å². The Morgan fingerprint density at radius 2 is 2.16 bits per heavy atom. The van der Waals surface area contributed by atoms with E-state index in [4.69, 9.17) is 19.9 Å². The molecule has 5 rings (SSSR count). The van der Waals surface area contributed by atoms with Gasteiger partial charge in [-0.3, -0.25) is 4.79 Å². The van der Waals surface area contributed by atoms with E-state index in [1.54, 1.807) is 4.68 Å². The highest BCUT2D eigenvalue weighted by Crippen LogP contribution is 2.44. The van der Waals surface area contributed by atoms with Crippen molar-refractivity contribution in [2.75, 3.05) is 6.79 Å². The molecule has 2 bridgehead atoms. The molecule has 0 radical (unpaired) electrons. The number of carbonyl (C=O) groups is 1. The van der Waals surface area contributed by atoms with Crippen molar-refractivity contribution in [3.05, 3.63) is 29.8 Å². The van der Waals surface area contributed by atoms with E-state index in [9.17, 15) is 4.79 Å². The molecular formula is C17H18N4O4. The number of nitrogens with zero attached hydrogens (tertiary/aromatic N) is 3. The van der Waals surface area contributed by atoms with E-state index in [0.717, 1.165) is 30.8 Å². The number of amides is 1. The van der Waals surface area contributed by atoms with Crippen molar-refractivity contribution in [1.29, 1.82) is 0 Å². The number of hydrogen-bond donors (Lipinski definition) is 1. The first-order valence-electron chi connectivity index (χ1n) is 8.47. The fraction of sp³-hybridized carbons (Fsp3) is 0.471. The van der Waals surface area contributed by atoms with Gasteiger partial charge in [-0.05, 0) is 31.4 Å². The topological polar surface area (TPSA) is 101 Å². The Kier molecular flexibility index (Phi) is 3.21. The molecule has 1 aromatic carbocycles. The van der Waals surface area contributed by atoms with Crippen molar-refractivity contribution in [1.82, 2.24) is 14.8 Å². The predicted octanol–water partition coefficient (Wildman–Crippen LogP) is 1.06. The van der Waals surface area contributed by atoms with Crippen LogP contribution in [0, 0.1) is 0 Å². The van der Waals surface area contributed by atoms with Crippen LogP contribution in [-0.4, -0.2) is 39.7 Å². The zero-order valence-corrected chi connectivity index (χ0v) is 13.6. The minimum atomic E-state index is -0.446. The third-order valence-electron chi connectivity index (χ3n) is 5.05. The molecule has 4 heterocycles. The normalized spacial score (nSPS) is 26.3. The summed E-state index contributed by atoms with van der Waals surface area (Å²) in [4.78, 5) is 15.9. The fourth-order valence-corrected chi connectivity index (χ4v) is 3.96. The molecule has 0 unspecified atom stereocenters. The van der Waals surface area contributed by atoms with Crippen molar-refractivity contribution in [3.8, 4) is 17.2 Å². The lowest BCUT2D eigenvalue weighted by molar-refractivity contribution is -0.117.